The molecule has 146 valence electrons. The maximum absolute atomic E-state index is 12.7. The lowest BCUT2D eigenvalue weighted by Crippen LogP contribution is -2.48. The van der Waals surface area contributed by atoms with Crippen LogP contribution in [-0.2, 0) is 9.59 Å². The summed E-state index contributed by atoms with van der Waals surface area (Å²) in [5.74, 6) is -1.39. The molecule has 2 aromatic rings. The van der Waals surface area contributed by atoms with E-state index in [-0.39, 0.29) is 18.0 Å². The van der Waals surface area contributed by atoms with E-state index in [9.17, 15) is 14.7 Å². The smallest absolute Gasteiger partial charge is 0.158 e. The first-order chi connectivity index (χ1) is 13.2. The van der Waals surface area contributed by atoms with Crippen molar-refractivity contribution in [3.05, 3.63) is 77.0 Å². The van der Waals surface area contributed by atoms with Crippen LogP contribution in [0.2, 0.25) is 0 Å². The highest BCUT2D eigenvalue weighted by atomic mass is 16.3. The zero-order valence-corrected chi connectivity index (χ0v) is 16.8. The molecule has 0 amide bonds. The molecular weight excluding hydrogens is 350 g/mol. The lowest BCUT2D eigenvalue weighted by atomic mass is 9.64. The molecule has 0 unspecified atom stereocenters. The minimum atomic E-state index is -1.27. The van der Waals surface area contributed by atoms with E-state index in [1.807, 2.05) is 61.5 Å². The number of rotatable bonds is 5. The van der Waals surface area contributed by atoms with Gasteiger partial charge in [0.1, 0.15) is 5.78 Å². The number of hydrogen-bond acceptors (Lipinski definition) is 4. The standard InChI is InChI=1S/C24H27NO3/c1-15-10-12-19(13-11-15)25-20-14-24(4,28)23(17(3)27)22(21(20)16(2)26)18-8-6-5-7-9-18/h5-13,22-23,25,28H,14H2,1-4H3/t22-,23+,24-/m1/s1. The number of ketones is 2. The van der Waals surface area contributed by atoms with Gasteiger partial charge in [0.15, 0.2) is 5.78 Å². The molecule has 0 heterocycles. The fraction of sp³-hybridized carbons (Fsp3) is 0.333. The fourth-order valence-corrected chi connectivity index (χ4v) is 4.32. The highest BCUT2D eigenvalue weighted by Crippen LogP contribution is 2.47. The summed E-state index contributed by atoms with van der Waals surface area (Å²) in [5.41, 5.74) is 2.82. The van der Waals surface area contributed by atoms with Crippen molar-refractivity contribution in [1.29, 1.82) is 0 Å². The van der Waals surface area contributed by atoms with Gasteiger partial charge < -0.3 is 10.4 Å². The van der Waals surface area contributed by atoms with E-state index in [1.54, 1.807) is 6.92 Å². The average molecular weight is 377 g/mol. The number of hydrogen-bond donors (Lipinski definition) is 2. The van der Waals surface area contributed by atoms with Crippen LogP contribution in [0.4, 0.5) is 5.69 Å². The van der Waals surface area contributed by atoms with Gasteiger partial charge in [-0.15, -0.1) is 0 Å². The molecule has 3 atom stereocenters. The van der Waals surface area contributed by atoms with Gasteiger partial charge in [0.25, 0.3) is 0 Å². The van der Waals surface area contributed by atoms with E-state index in [4.69, 9.17) is 0 Å². The summed E-state index contributed by atoms with van der Waals surface area (Å²) in [4.78, 5) is 25.3. The van der Waals surface area contributed by atoms with Crippen molar-refractivity contribution in [3.8, 4) is 0 Å². The van der Waals surface area contributed by atoms with Crippen LogP contribution in [0.25, 0.3) is 0 Å². The van der Waals surface area contributed by atoms with Crippen molar-refractivity contribution in [2.75, 3.05) is 5.32 Å². The van der Waals surface area contributed by atoms with E-state index >= 15 is 0 Å². The molecule has 2 aromatic carbocycles. The lowest BCUT2D eigenvalue weighted by Gasteiger charge is -2.43. The van der Waals surface area contributed by atoms with Crippen LogP contribution in [-0.4, -0.2) is 22.3 Å². The Bertz CT molecular complexity index is 911. The van der Waals surface area contributed by atoms with Gasteiger partial charge in [-0.25, -0.2) is 0 Å². The molecule has 4 heteroatoms. The molecule has 1 aliphatic carbocycles. The number of Topliss-reactive ketones (excluding diaryl/α,β-unsaturated/α-hetero) is 2. The first kappa shape index (κ1) is 20.0. The number of carbonyl (C=O) groups excluding carboxylic acids is 2. The van der Waals surface area contributed by atoms with Crippen LogP contribution < -0.4 is 5.32 Å². The summed E-state index contributed by atoms with van der Waals surface area (Å²) in [6.45, 7) is 6.71. The van der Waals surface area contributed by atoms with E-state index in [0.29, 0.717) is 11.3 Å². The molecule has 0 saturated carbocycles. The molecule has 4 nitrogen and oxygen atoms in total. The minimum Gasteiger partial charge on any atom is -0.389 e. The molecule has 3 rings (SSSR count). The van der Waals surface area contributed by atoms with Gasteiger partial charge in [0, 0.05) is 29.3 Å². The van der Waals surface area contributed by atoms with Crippen LogP contribution in [0.15, 0.2) is 65.9 Å². The van der Waals surface area contributed by atoms with Gasteiger partial charge in [-0.2, -0.15) is 0 Å². The van der Waals surface area contributed by atoms with Gasteiger partial charge in [0.05, 0.1) is 11.5 Å². The molecule has 28 heavy (non-hydrogen) atoms. The monoisotopic (exact) mass is 377 g/mol. The summed E-state index contributed by atoms with van der Waals surface area (Å²) < 4.78 is 0. The van der Waals surface area contributed by atoms with Gasteiger partial charge in [-0.1, -0.05) is 48.0 Å². The highest BCUT2D eigenvalue weighted by Gasteiger charge is 2.49. The van der Waals surface area contributed by atoms with Crippen molar-refractivity contribution < 1.29 is 14.7 Å². The van der Waals surface area contributed by atoms with Gasteiger partial charge >= 0.3 is 0 Å². The molecule has 0 radical (unpaired) electrons. The Labute approximate surface area is 166 Å². The number of nitrogens with one attached hydrogen (secondary N) is 1. The Morgan fingerprint density at radius 3 is 2.18 bits per heavy atom. The number of anilines is 1. The number of benzene rings is 2. The Morgan fingerprint density at radius 1 is 1.04 bits per heavy atom. The third-order valence-corrected chi connectivity index (χ3v) is 5.50. The predicted octanol–water partition coefficient (Wildman–Crippen LogP) is 4.39. The SMILES string of the molecule is CC(=O)C1=C(Nc2ccc(C)cc2)C[C@@](C)(O)[C@@H](C(C)=O)[C@@H]1c1ccccc1. The Hall–Kier alpha value is -2.72. The molecule has 0 aromatic heterocycles. The molecule has 0 fully saturated rings. The maximum atomic E-state index is 12.7. The second-order valence-electron chi connectivity index (χ2n) is 7.95. The Balaban J connectivity index is 2.18. The van der Waals surface area contributed by atoms with Crippen LogP contribution in [0, 0.1) is 12.8 Å². The molecule has 0 bridgehead atoms. The summed E-state index contributed by atoms with van der Waals surface area (Å²) in [6.07, 6.45) is 0.212. The molecular formula is C24H27NO3. The molecule has 0 saturated heterocycles. The third-order valence-electron chi connectivity index (χ3n) is 5.50. The first-order valence-electron chi connectivity index (χ1n) is 9.56. The minimum absolute atomic E-state index is 0.0924. The second kappa shape index (κ2) is 7.72. The van der Waals surface area contributed by atoms with Crippen LogP contribution in [0.1, 0.15) is 44.2 Å². The normalized spacial score (nSPS) is 24.8. The van der Waals surface area contributed by atoms with Gasteiger partial charge in [0.2, 0.25) is 0 Å². The summed E-state index contributed by atoms with van der Waals surface area (Å²) in [6, 6.07) is 17.4. The topological polar surface area (TPSA) is 66.4 Å². The van der Waals surface area contributed by atoms with E-state index in [0.717, 1.165) is 16.8 Å². The average Bonchev–Trinajstić information content (AvgIpc) is 2.62. The summed E-state index contributed by atoms with van der Waals surface area (Å²) in [5, 5.41) is 14.6. The van der Waals surface area contributed by atoms with Crippen molar-refractivity contribution in [2.45, 2.75) is 45.6 Å². The van der Waals surface area contributed by atoms with Crippen LogP contribution >= 0.6 is 0 Å². The number of carbonyl (C=O) groups is 2. The quantitative estimate of drug-likeness (QED) is 0.811. The molecule has 0 spiro atoms. The number of aryl methyl sites for hydroxylation is 1. The van der Waals surface area contributed by atoms with E-state index in [2.05, 4.69) is 5.32 Å². The molecule has 0 aliphatic heterocycles. The maximum Gasteiger partial charge on any atom is 0.158 e. The van der Waals surface area contributed by atoms with Crippen molar-refractivity contribution >= 4 is 17.3 Å². The van der Waals surface area contributed by atoms with E-state index < -0.39 is 17.4 Å². The summed E-state index contributed by atoms with van der Waals surface area (Å²) in [7, 11) is 0. The molecule has 2 N–H and O–H groups in total. The summed E-state index contributed by atoms with van der Waals surface area (Å²) >= 11 is 0. The largest absolute Gasteiger partial charge is 0.389 e. The number of aliphatic hydroxyl groups is 1. The van der Waals surface area contributed by atoms with Crippen molar-refractivity contribution in [2.24, 2.45) is 5.92 Å². The van der Waals surface area contributed by atoms with E-state index in [1.165, 1.54) is 13.8 Å². The fourth-order valence-electron chi connectivity index (χ4n) is 4.32. The van der Waals surface area contributed by atoms with Crippen LogP contribution in [0.5, 0.6) is 0 Å². The van der Waals surface area contributed by atoms with Crippen LogP contribution in [0.3, 0.4) is 0 Å². The second-order valence-corrected chi connectivity index (χ2v) is 7.95. The lowest BCUT2D eigenvalue weighted by molar-refractivity contribution is -0.131. The zero-order chi connectivity index (χ0) is 20.5. The molecule has 1 aliphatic rings. The van der Waals surface area contributed by atoms with Crippen molar-refractivity contribution in [1.82, 2.24) is 0 Å². The van der Waals surface area contributed by atoms with Gasteiger partial charge in [-0.05, 0) is 45.4 Å². The predicted molar refractivity (Wildman–Crippen MR) is 111 cm³/mol. The Morgan fingerprint density at radius 2 is 1.64 bits per heavy atom. The van der Waals surface area contributed by atoms with Crippen molar-refractivity contribution in [3.63, 3.8) is 0 Å². The van der Waals surface area contributed by atoms with Gasteiger partial charge in [-0.3, -0.25) is 9.59 Å². The number of allylic oxidation sites excluding steroid dienone is 1. The Kier molecular flexibility index (Phi) is 5.52. The highest BCUT2D eigenvalue weighted by molar-refractivity contribution is 5.98. The third kappa shape index (κ3) is 3.92. The zero-order valence-electron chi connectivity index (χ0n) is 16.8. The first-order valence-corrected chi connectivity index (χ1v) is 9.56.